The van der Waals surface area contributed by atoms with Gasteiger partial charge in [0.05, 0.1) is 18.8 Å². The molecule has 0 aliphatic carbocycles. The Hall–Kier alpha value is -2.12. The zero-order valence-electron chi connectivity index (χ0n) is 14.0. The Kier molecular flexibility index (Phi) is 5.95. The maximum absolute atomic E-state index is 12.6. The Bertz CT molecular complexity index is 665. The number of nitrogens with zero attached hydrogens (tertiary/aromatic N) is 2. The van der Waals surface area contributed by atoms with Crippen LogP contribution in [0, 0.1) is 0 Å². The number of pyridine rings is 1. The average molecular weight is 321 g/mol. The Morgan fingerprint density at radius 1 is 1.35 bits per heavy atom. The Morgan fingerprint density at radius 3 is 2.70 bits per heavy atom. The zero-order valence-corrected chi connectivity index (χ0v) is 14.0. The molecule has 23 heavy (non-hydrogen) atoms. The lowest BCUT2D eigenvalue weighted by Gasteiger charge is -2.14. The van der Waals surface area contributed by atoms with Crippen LogP contribution in [-0.2, 0) is 15.9 Å². The molecule has 0 fully saturated rings. The molecule has 0 saturated heterocycles. The van der Waals surface area contributed by atoms with E-state index in [1.807, 2.05) is 32.2 Å². The molecule has 0 aromatic carbocycles. The van der Waals surface area contributed by atoms with Gasteiger partial charge in [0, 0.05) is 20.4 Å². The molecule has 1 amide bonds. The second-order valence-electron chi connectivity index (χ2n) is 4.87. The largest absolute Gasteiger partial charge is 0.490 e. The summed E-state index contributed by atoms with van der Waals surface area (Å²) in [6.07, 6.45) is 1.97. The molecule has 0 radical (unpaired) electrons. The highest BCUT2D eigenvalue weighted by molar-refractivity contribution is 5.95. The standard InChI is InChI=1S/C16H23N3O4/c1-5-11-14(16(20)17-10-13(21-3)22-4)19-9-7-8-12(23-6-2)15(19)18-11/h7-9,13H,5-6,10H2,1-4H3,(H,17,20). The van der Waals surface area contributed by atoms with E-state index in [4.69, 9.17) is 14.2 Å². The molecule has 2 aromatic heterocycles. The number of carbonyl (C=O) groups excluding carboxylic acids is 1. The van der Waals surface area contributed by atoms with Crippen molar-refractivity contribution in [3.8, 4) is 5.75 Å². The smallest absolute Gasteiger partial charge is 0.270 e. The minimum atomic E-state index is -0.484. The van der Waals surface area contributed by atoms with E-state index >= 15 is 0 Å². The number of aromatic nitrogens is 2. The van der Waals surface area contributed by atoms with Gasteiger partial charge >= 0.3 is 0 Å². The third-order valence-electron chi connectivity index (χ3n) is 3.49. The lowest BCUT2D eigenvalue weighted by molar-refractivity contribution is -0.0974. The van der Waals surface area contributed by atoms with E-state index in [9.17, 15) is 4.79 Å². The summed E-state index contributed by atoms with van der Waals surface area (Å²) < 4.78 is 17.5. The monoisotopic (exact) mass is 321 g/mol. The topological polar surface area (TPSA) is 74.1 Å². The van der Waals surface area contributed by atoms with Crippen molar-refractivity contribution >= 4 is 11.6 Å². The molecule has 7 nitrogen and oxygen atoms in total. The minimum absolute atomic E-state index is 0.220. The second kappa shape index (κ2) is 7.94. The predicted octanol–water partition coefficient (Wildman–Crippen LogP) is 1.64. The van der Waals surface area contributed by atoms with Gasteiger partial charge in [-0.05, 0) is 25.5 Å². The van der Waals surface area contributed by atoms with Crippen LogP contribution in [0.2, 0.25) is 0 Å². The number of nitrogens with one attached hydrogen (secondary N) is 1. The number of imidazole rings is 1. The van der Waals surface area contributed by atoms with Gasteiger partial charge in [-0.15, -0.1) is 0 Å². The van der Waals surface area contributed by atoms with Gasteiger partial charge in [-0.25, -0.2) is 4.98 Å². The van der Waals surface area contributed by atoms with Crippen LogP contribution in [0.1, 0.15) is 30.0 Å². The third kappa shape index (κ3) is 3.62. The van der Waals surface area contributed by atoms with Crippen LogP contribution in [0.15, 0.2) is 18.3 Å². The molecule has 0 aliphatic rings. The summed E-state index contributed by atoms with van der Waals surface area (Å²) in [5, 5.41) is 2.81. The average Bonchev–Trinajstić information content (AvgIpc) is 2.95. The van der Waals surface area contributed by atoms with Gasteiger partial charge in [-0.2, -0.15) is 0 Å². The van der Waals surface area contributed by atoms with Crippen molar-refractivity contribution in [1.82, 2.24) is 14.7 Å². The first kappa shape index (κ1) is 17.2. The number of ether oxygens (including phenoxy) is 3. The third-order valence-corrected chi connectivity index (χ3v) is 3.49. The quantitative estimate of drug-likeness (QED) is 0.748. The number of hydrogen-bond acceptors (Lipinski definition) is 5. The summed E-state index contributed by atoms with van der Waals surface area (Å²) >= 11 is 0. The number of hydrogen-bond donors (Lipinski definition) is 1. The van der Waals surface area contributed by atoms with Gasteiger partial charge in [-0.1, -0.05) is 6.92 Å². The van der Waals surface area contributed by atoms with Gasteiger partial charge in [0.2, 0.25) is 0 Å². The van der Waals surface area contributed by atoms with Crippen molar-refractivity contribution in [3.63, 3.8) is 0 Å². The molecule has 126 valence electrons. The highest BCUT2D eigenvalue weighted by Crippen LogP contribution is 2.22. The molecule has 2 aromatic rings. The fraction of sp³-hybridized carbons (Fsp3) is 0.500. The molecular weight excluding hydrogens is 298 g/mol. The summed E-state index contributed by atoms with van der Waals surface area (Å²) in [6.45, 7) is 4.68. The first-order valence-electron chi connectivity index (χ1n) is 7.62. The minimum Gasteiger partial charge on any atom is -0.490 e. The second-order valence-corrected chi connectivity index (χ2v) is 4.87. The summed E-state index contributed by atoms with van der Waals surface area (Å²) in [5.41, 5.74) is 1.88. The maximum Gasteiger partial charge on any atom is 0.270 e. The summed E-state index contributed by atoms with van der Waals surface area (Å²) in [4.78, 5) is 17.1. The molecule has 0 saturated carbocycles. The van der Waals surface area contributed by atoms with Crippen molar-refractivity contribution in [3.05, 3.63) is 29.7 Å². The van der Waals surface area contributed by atoms with E-state index < -0.39 is 6.29 Å². The van der Waals surface area contributed by atoms with Crippen molar-refractivity contribution in [1.29, 1.82) is 0 Å². The highest BCUT2D eigenvalue weighted by Gasteiger charge is 2.20. The molecular formula is C16H23N3O4. The molecule has 0 atom stereocenters. The van der Waals surface area contributed by atoms with E-state index in [2.05, 4.69) is 10.3 Å². The Morgan fingerprint density at radius 2 is 2.09 bits per heavy atom. The lowest BCUT2D eigenvalue weighted by atomic mass is 10.2. The van der Waals surface area contributed by atoms with E-state index in [0.29, 0.717) is 30.1 Å². The van der Waals surface area contributed by atoms with Gasteiger partial charge in [0.25, 0.3) is 5.91 Å². The molecule has 0 aliphatic heterocycles. The number of carbonyl (C=O) groups is 1. The maximum atomic E-state index is 12.6. The Balaban J connectivity index is 2.35. The first-order valence-corrected chi connectivity index (χ1v) is 7.62. The molecule has 1 N–H and O–H groups in total. The number of methoxy groups -OCH3 is 2. The van der Waals surface area contributed by atoms with Crippen LogP contribution in [0.5, 0.6) is 5.75 Å². The first-order chi connectivity index (χ1) is 11.2. The van der Waals surface area contributed by atoms with E-state index in [-0.39, 0.29) is 12.5 Å². The number of rotatable bonds is 8. The molecule has 2 heterocycles. The van der Waals surface area contributed by atoms with Crippen molar-refractivity contribution in [2.24, 2.45) is 0 Å². The van der Waals surface area contributed by atoms with Crippen LogP contribution in [-0.4, -0.2) is 49.0 Å². The van der Waals surface area contributed by atoms with Gasteiger partial charge in [0.15, 0.2) is 17.7 Å². The van der Waals surface area contributed by atoms with E-state index in [0.717, 1.165) is 5.69 Å². The molecule has 2 rings (SSSR count). The lowest BCUT2D eigenvalue weighted by Crippen LogP contribution is -2.35. The van der Waals surface area contributed by atoms with Crippen molar-refractivity contribution in [2.75, 3.05) is 27.4 Å². The predicted molar refractivity (Wildman–Crippen MR) is 85.9 cm³/mol. The van der Waals surface area contributed by atoms with Gasteiger partial charge in [0.1, 0.15) is 5.69 Å². The highest BCUT2D eigenvalue weighted by atomic mass is 16.7. The van der Waals surface area contributed by atoms with E-state index in [1.54, 1.807) is 4.40 Å². The SMILES string of the molecule is CCOc1cccn2c(C(=O)NCC(OC)OC)c(CC)nc12. The van der Waals surface area contributed by atoms with Crippen molar-refractivity contribution < 1.29 is 19.0 Å². The fourth-order valence-electron chi connectivity index (χ4n) is 2.37. The van der Waals surface area contributed by atoms with Gasteiger partial charge < -0.3 is 19.5 Å². The van der Waals surface area contributed by atoms with Crippen LogP contribution in [0.4, 0.5) is 0 Å². The van der Waals surface area contributed by atoms with Crippen LogP contribution < -0.4 is 10.1 Å². The van der Waals surface area contributed by atoms with Crippen molar-refractivity contribution in [2.45, 2.75) is 26.6 Å². The molecule has 0 unspecified atom stereocenters. The number of amides is 1. The molecule has 0 bridgehead atoms. The molecule has 0 spiro atoms. The van der Waals surface area contributed by atoms with Crippen LogP contribution in [0.25, 0.3) is 5.65 Å². The zero-order chi connectivity index (χ0) is 16.8. The number of aryl methyl sites for hydroxylation is 1. The van der Waals surface area contributed by atoms with Gasteiger partial charge in [-0.3, -0.25) is 9.20 Å². The summed E-state index contributed by atoms with van der Waals surface area (Å²) in [6, 6.07) is 3.68. The summed E-state index contributed by atoms with van der Waals surface area (Å²) in [7, 11) is 3.06. The molecule has 7 heteroatoms. The number of fused-ring (bicyclic) bond motifs is 1. The van der Waals surface area contributed by atoms with Crippen LogP contribution >= 0.6 is 0 Å². The van der Waals surface area contributed by atoms with E-state index in [1.165, 1.54) is 14.2 Å². The van der Waals surface area contributed by atoms with Crippen LogP contribution in [0.3, 0.4) is 0 Å². The normalized spacial score (nSPS) is 11.2. The summed E-state index contributed by atoms with van der Waals surface area (Å²) in [5.74, 6) is 0.442. The fourth-order valence-corrected chi connectivity index (χ4v) is 2.37. The Labute approximate surface area is 135 Å².